The van der Waals surface area contributed by atoms with Gasteiger partial charge in [0.15, 0.2) is 5.78 Å². The zero-order chi connectivity index (χ0) is 20.2. The number of hydrogen-bond acceptors (Lipinski definition) is 4. The van der Waals surface area contributed by atoms with Crippen LogP contribution in [0.2, 0.25) is 0 Å². The molecule has 0 saturated heterocycles. The van der Waals surface area contributed by atoms with Crippen LogP contribution in [0.1, 0.15) is 61.4 Å². The van der Waals surface area contributed by atoms with Gasteiger partial charge in [-0.1, -0.05) is 75.9 Å². The van der Waals surface area contributed by atoms with Gasteiger partial charge in [-0.2, -0.15) is 0 Å². The summed E-state index contributed by atoms with van der Waals surface area (Å²) in [4.78, 5) is 24.5. The lowest BCUT2D eigenvalue weighted by Gasteiger charge is -2.12. The van der Waals surface area contributed by atoms with E-state index in [4.69, 9.17) is 9.47 Å². The van der Waals surface area contributed by atoms with E-state index in [1.54, 1.807) is 42.5 Å². The highest BCUT2D eigenvalue weighted by molar-refractivity contribution is 6.11. The molecular formula is C24H28O4. The zero-order valence-electron chi connectivity index (χ0n) is 16.5. The second-order valence-corrected chi connectivity index (χ2v) is 6.59. The SMILES string of the molecule is C=CC(=O)Oc1cc(OCCCCCCCC)ccc1C(=O)c1ccccc1. The standard InChI is InChI=1S/C24H28O4/c1-3-5-6-7-8-12-17-27-20-15-16-21(22(18-20)28-23(25)4-2)24(26)19-13-10-9-11-14-19/h4,9-11,13-16,18H,2-3,5-8,12,17H2,1H3. The fourth-order valence-corrected chi connectivity index (χ4v) is 2.83. The molecule has 148 valence electrons. The first-order valence-corrected chi connectivity index (χ1v) is 9.86. The molecule has 0 aromatic heterocycles. The first kappa shape index (κ1) is 21.4. The van der Waals surface area contributed by atoms with Crippen molar-refractivity contribution in [3.8, 4) is 11.5 Å². The van der Waals surface area contributed by atoms with Crippen LogP contribution in [0, 0.1) is 0 Å². The molecule has 0 N–H and O–H groups in total. The maximum absolute atomic E-state index is 12.8. The van der Waals surface area contributed by atoms with Gasteiger partial charge in [-0.05, 0) is 18.6 Å². The van der Waals surface area contributed by atoms with E-state index >= 15 is 0 Å². The minimum atomic E-state index is -0.616. The molecule has 0 amide bonds. The summed E-state index contributed by atoms with van der Waals surface area (Å²) in [5.41, 5.74) is 0.840. The molecule has 0 aliphatic heterocycles. The number of hydrogen-bond donors (Lipinski definition) is 0. The van der Waals surface area contributed by atoms with E-state index in [0.717, 1.165) is 18.9 Å². The molecule has 2 aromatic rings. The van der Waals surface area contributed by atoms with Gasteiger partial charge in [-0.25, -0.2) is 4.79 Å². The maximum Gasteiger partial charge on any atom is 0.335 e. The van der Waals surface area contributed by atoms with Gasteiger partial charge in [0.2, 0.25) is 0 Å². The van der Waals surface area contributed by atoms with E-state index in [1.165, 1.54) is 25.7 Å². The van der Waals surface area contributed by atoms with Gasteiger partial charge in [0.05, 0.1) is 12.2 Å². The van der Waals surface area contributed by atoms with Gasteiger partial charge in [-0.15, -0.1) is 0 Å². The van der Waals surface area contributed by atoms with Gasteiger partial charge in [-0.3, -0.25) is 4.79 Å². The van der Waals surface area contributed by atoms with Crippen molar-refractivity contribution in [3.63, 3.8) is 0 Å². The molecule has 0 aliphatic carbocycles. The molecule has 0 bridgehead atoms. The first-order valence-electron chi connectivity index (χ1n) is 9.86. The average Bonchev–Trinajstić information content (AvgIpc) is 2.73. The van der Waals surface area contributed by atoms with Crippen molar-refractivity contribution in [2.45, 2.75) is 45.4 Å². The van der Waals surface area contributed by atoms with Crippen LogP contribution in [0.4, 0.5) is 0 Å². The molecule has 0 atom stereocenters. The third-order valence-corrected chi connectivity index (χ3v) is 4.38. The van der Waals surface area contributed by atoms with Crippen molar-refractivity contribution in [3.05, 3.63) is 72.3 Å². The van der Waals surface area contributed by atoms with E-state index in [-0.39, 0.29) is 11.5 Å². The summed E-state index contributed by atoms with van der Waals surface area (Å²) in [5, 5.41) is 0. The van der Waals surface area contributed by atoms with E-state index < -0.39 is 5.97 Å². The normalized spacial score (nSPS) is 10.3. The average molecular weight is 380 g/mol. The summed E-state index contributed by atoms with van der Waals surface area (Å²) in [6.45, 7) is 6.20. The van der Waals surface area contributed by atoms with E-state index in [2.05, 4.69) is 13.5 Å². The Labute approximate surface area is 167 Å². The third kappa shape index (κ3) is 6.69. The van der Waals surface area contributed by atoms with E-state index in [9.17, 15) is 9.59 Å². The Morgan fingerprint density at radius 1 is 0.964 bits per heavy atom. The molecule has 4 heteroatoms. The van der Waals surface area contributed by atoms with Crippen LogP contribution in [-0.2, 0) is 4.79 Å². The van der Waals surface area contributed by atoms with E-state index in [0.29, 0.717) is 23.5 Å². The quantitative estimate of drug-likeness (QED) is 0.155. The number of ether oxygens (including phenoxy) is 2. The Hall–Kier alpha value is -2.88. The lowest BCUT2D eigenvalue weighted by Crippen LogP contribution is -2.10. The van der Waals surface area contributed by atoms with Crippen LogP contribution in [0.25, 0.3) is 0 Å². The molecule has 0 radical (unpaired) electrons. The number of carbonyl (C=O) groups is 2. The van der Waals surface area contributed by atoms with Crippen LogP contribution >= 0.6 is 0 Å². The minimum Gasteiger partial charge on any atom is -0.493 e. The molecule has 0 spiro atoms. The summed E-state index contributed by atoms with van der Waals surface area (Å²) in [7, 11) is 0. The van der Waals surface area contributed by atoms with Gasteiger partial charge in [0, 0.05) is 17.7 Å². The van der Waals surface area contributed by atoms with Crippen molar-refractivity contribution in [1.82, 2.24) is 0 Å². The Kier molecular flexibility index (Phi) is 8.99. The topological polar surface area (TPSA) is 52.6 Å². The molecular weight excluding hydrogens is 352 g/mol. The van der Waals surface area contributed by atoms with Crippen LogP contribution in [0.3, 0.4) is 0 Å². The fourth-order valence-electron chi connectivity index (χ4n) is 2.83. The van der Waals surface area contributed by atoms with Crippen molar-refractivity contribution in [1.29, 1.82) is 0 Å². The van der Waals surface area contributed by atoms with Gasteiger partial charge >= 0.3 is 5.97 Å². The Bertz CT molecular complexity index is 780. The molecule has 28 heavy (non-hydrogen) atoms. The monoisotopic (exact) mass is 380 g/mol. The smallest absolute Gasteiger partial charge is 0.335 e. The number of carbonyl (C=O) groups excluding carboxylic acids is 2. The van der Waals surface area contributed by atoms with Crippen molar-refractivity contribution >= 4 is 11.8 Å². The number of benzene rings is 2. The van der Waals surface area contributed by atoms with Gasteiger partial charge in [0.25, 0.3) is 0 Å². The second-order valence-electron chi connectivity index (χ2n) is 6.59. The highest BCUT2D eigenvalue weighted by Crippen LogP contribution is 2.28. The van der Waals surface area contributed by atoms with Crippen LogP contribution in [0.5, 0.6) is 11.5 Å². The van der Waals surface area contributed by atoms with Crippen molar-refractivity contribution < 1.29 is 19.1 Å². The van der Waals surface area contributed by atoms with Crippen LogP contribution < -0.4 is 9.47 Å². The summed E-state index contributed by atoms with van der Waals surface area (Å²) < 4.78 is 11.1. The summed E-state index contributed by atoms with van der Waals surface area (Å²) in [6.07, 6.45) is 8.14. The summed E-state index contributed by atoms with van der Waals surface area (Å²) >= 11 is 0. The molecule has 0 aliphatic rings. The Balaban J connectivity index is 2.06. The predicted molar refractivity (Wildman–Crippen MR) is 111 cm³/mol. The number of esters is 1. The molecule has 2 aromatic carbocycles. The number of rotatable bonds is 12. The molecule has 0 saturated carbocycles. The Morgan fingerprint density at radius 2 is 1.68 bits per heavy atom. The second kappa shape index (κ2) is 11.8. The molecule has 0 unspecified atom stereocenters. The summed E-state index contributed by atoms with van der Waals surface area (Å²) in [5.74, 6) is -0.0747. The van der Waals surface area contributed by atoms with Crippen LogP contribution in [-0.4, -0.2) is 18.4 Å². The van der Waals surface area contributed by atoms with E-state index in [1.807, 2.05) is 6.07 Å². The number of unbranched alkanes of at least 4 members (excludes halogenated alkanes) is 5. The lowest BCUT2D eigenvalue weighted by molar-refractivity contribution is -0.128. The highest BCUT2D eigenvalue weighted by Gasteiger charge is 2.17. The van der Waals surface area contributed by atoms with Crippen molar-refractivity contribution in [2.24, 2.45) is 0 Å². The highest BCUT2D eigenvalue weighted by atomic mass is 16.5. The predicted octanol–water partition coefficient (Wildman–Crippen LogP) is 5.75. The molecule has 4 nitrogen and oxygen atoms in total. The van der Waals surface area contributed by atoms with Gasteiger partial charge < -0.3 is 9.47 Å². The summed E-state index contributed by atoms with van der Waals surface area (Å²) in [6, 6.07) is 13.8. The fraction of sp³-hybridized carbons (Fsp3) is 0.333. The number of ketones is 1. The maximum atomic E-state index is 12.8. The molecule has 0 fully saturated rings. The largest absolute Gasteiger partial charge is 0.493 e. The van der Waals surface area contributed by atoms with Crippen LogP contribution in [0.15, 0.2) is 61.2 Å². The van der Waals surface area contributed by atoms with Gasteiger partial charge in [0.1, 0.15) is 11.5 Å². The molecule has 0 heterocycles. The minimum absolute atomic E-state index is 0.180. The molecule has 2 rings (SSSR count). The van der Waals surface area contributed by atoms with Crippen molar-refractivity contribution in [2.75, 3.05) is 6.61 Å². The lowest BCUT2D eigenvalue weighted by atomic mass is 10.0. The first-order chi connectivity index (χ1) is 13.7. The Morgan fingerprint density at radius 3 is 2.39 bits per heavy atom. The third-order valence-electron chi connectivity index (χ3n) is 4.38. The zero-order valence-corrected chi connectivity index (χ0v) is 16.5.